The zero-order valence-corrected chi connectivity index (χ0v) is 27.9. The van der Waals surface area contributed by atoms with Crippen LogP contribution in [0.1, 0.15) is 0 Å². The van der Waals surface area contributed by atoms with E-state index in [1.165, 1.54) is 25.6 Å². The number of fused-ring (bicyclic) bond motifs is 10. The van der Waals surface area contributed by atoms with Gasteiger partial charge in [-0.1, -0.05) is 115 Å². The normalized spacial score (nSPS) is 11.9. The summed E-state index contributed by atoms with van der Waals surface area (Å²) in [5.74, 6) is 1.87. The van der Waals surface area contributed by atoms with Gasteiger partial charge in [-0.25, -0.2) is 15.0 Å². The number of aromatic nitrogens is 4. The average Bonchev–Trinajstić information content (AvgIpc) is 3.88. The molecule has 0 aliphatic rings. The van der Waals surface area contributed by atoms with E-state index in [2.05, 4.69) is 114 Å². The lowest BCUT2D eigenvalue weighted by Gasteiger charge is -2.09. The molecule has 0 amide bonds. The maximum Gasteiger partial charge on any atom is 0.164 e. The second-order valence-electron chi connectivity index (χ2n) is 12.8. The van der Waals surface area contributed by atoms with Crippen molar-refractivity contribution in [2.45, 2.75) is 0 Å². The van der Waals surface area contributed by atoms with Crippen LogP contribution < -0.4 is 0 Å². The Bertz CT molecular complexity index is 3140. The molecule has 0 atom stereocenters. The zero-order valence-electron chi connectivity index (χ0n) is 27.1. The Morgan fingerprint density at radius 3 is 2.00 bits per heavy atom. The van der Waals surface area contributed by atoms with Crippen LogP contribution in [0.5, 0.6) is 0 Å². The number of para-hydroxylation sites is 2. The summed E-state index contributed by atoms with van der Waals surface area (Å²) in [6.45, 7) is 0. The fourth-order valence-corrected chi connectivity index (χ4v) is 8.72. The van der Waals surface area contributed by atoms with Crippen LogP contribution in [0.4, 0.5) is 0 Å². The lowest BCUT2D eigenvalue weighted by Crippen LogP contribution is -2.00. The van der Waals surface area contributed by atoms with E-state index in [1.807, 2.05) is 48.5 Å². The van der Waals surface area contributed by atoms with Gasteiger partial charge in [-0.05, 0) is 42.5 Å². The Kier molecular flexibility index (Phi) is 6.05. The number of rotatable bonds is 4. The van der Waals surface area contributed by atoms with Gasteiger partial charge in [0.05, 0.1) is 11.0 Å². The quantitative estimate of drug-likeness (QED) is 0.187. The van der Waals surface area contributed by atoms with Gasteiger partial charge in [0.15, 0.2) is 23.1 Å². The fourth-order valence-electron chi connectivity index (χ4n) is 7.57. The lowest BCUT2D eigenvalue weighted by atomic mass is 10.0. The van der Waals surface area contributed by atoms with Crippen molar-refractivity contribution in [2.75, 3.05) is 0 Å². The molecule has 5 nitrogen and oxygen atoms in total. The molecule has 0 saturated heterocycles. The number of hydrogen-bond acceptors (Lipinski definition) is 5. The van der Waals surface area contributed by atoms with Crippen LogP contribution in [0.2, 0.25) is 0 Å². The molecule has 238 valence electrons. The van der Waals surface area contributed by atoms with E-state index in [1.54, 1.807) is 11.3 Å². The van der Waals surface area contributed by atoms with Crippen LogP contribution in [-0.2, 0) is 0 Å². The molecular formula is C45H26N4OS. The average molecular weight is 671 g/mol. The summed E-state index contributed by atoms with van der Waals surface area (Å²) in [6.07, 6.45) is 0. The lowest BCUT2D eigenvalue weighted by molar-refractivity contribution is 0.671. The van der Waals surface area contributed by atoms with Gasteiger partial charge in [0, 0.05) is 64.1 Å². The highest BCUT2D eigenvalue weighted by Gasteiger charge is 2.22. The molecule has 4 aromatic heterocycles. The fraction of sp³-hybridized carbons (Fsp3) is 0. The largest absolute Gasteiger partial charge is 0.454 e. The number of benzene rings is 7. The molecular weight excluding hydrogens is 645 g/mol. The van der Waals surface area contributed by atoms with Crippen molar-refractivity contribution in [3.05, 3.63) is 158 Å². The Hall–Kier alpha value is -6.63. The minimum atomic E-state index is 0.604. The molecule has 4 heterocycles. The molecule has 51 heavy (non-hydrogen) atoms. The molecule has 6 heteroatoms. The molecule has 0 aliphatic carbocycles. The number of furan rings is 1. The highest BCUT2D eigenvalue weighted by Crippen LogP contribution is 2.43. The van der Waals surface area contributed by atoms with E-state index in [9.17, 15) is 0 Å². The van der Waals surface area contributed by atoms with Crippen molar-refractivity contribution in [2.24, 2.45) is 0 Å². The Morgan fingerprint density at radius 1 is 0.471 bits per heavy atom. The molecule has 0 radical (unpaired) electrons. The van der Waals surface area contributed by atoms with Gasteiger partial charge in [-0.15, -0.1) is 11.3 Å². The topological polar surface area (TPSA) is 56.7 Å². The van der Waals surface area contributed by atoms with E-state index < -0.39 is 0 Å². The molecule has 0 fully saturated rings. The summed E-state index contributed by atoms with van der Waals surface area (Å²) in [5, 5.41) is 6.84. The standard InChI is InChI=1S/C45H26N4OS/c1-3-12-27(13-4-1)43-46-44(28-22-23-32-31-17-8-10-21-38(31)51-39(32)26-28)48-45(47-43)35-18-11-20-37-40(35)34-25-24-33-30-16-7-9-19-36(30)49(41(33)42(34)50-37)29-14-5-2-6-15-29/h1-26H. The Balaban J connectivity index is 1.18. The predicted molar refractivity (Wildman–Crippen MR) is 211 cm³/mol. The van der Waals surface area contributed by atoms with Crippen molar-refractivity contribution < 1.29 is 4.42 Å². The Morgan fingerprint density at radius 2 is 1.14 bits per heavy atom. The van der Waals surface area contributed by atoms with E-state index in [-0.39, 0.29) is 0 Å². The molecule has 0 saturated carbocycles. The molecule has 0 spiro atoms. The third-order valence-electron chi connectivity index (χ3n) is 9.86. The number of thiophene rings is 1. The molecule has 0 aliphatic heterocycles. The summed E-state index contributed by atoms with van der Waals surface area (Å²) < 4.78 is 11.6. The summed E-state index contributed by atoms with van der Waals surface area (Å²) in [4.78, 5) is 15.4. The van der Waals surface area contributed by atoms with E-state index in [4.69, 9.17) is 19.4 Å². The minimum Gasteiger partial charge on any atom is -0.454 e. The molecule has 11 rings (SSSR count). The molecule has 7 aromatic carbocycles. The highest BCUT2D eigenvalue weighted by molar-refractivity contribution is 7.25. The van der Waals surface area contributed by atoms with Gasteiger partial charge in [0.1, 0.15) is 5.58 Å². The van der Waals surface area contributed by atoms with Crippen molar-refractivity contribution in [3.63, 3.8) is 0 Å². The van der Waals surface area contributed by atoms with Crippen molar-refractivity contribution >= 4 is 75.3 Å². The predicted octanol–water partition coefficient (Wildman–Crippen LogP) is 12.2. The van der Waals surface area contributed by atoms with Crippen LogP contribution in [0.3, 0.4) is 0 Å². The van der Waals surface area contributed by atoms with E-state index >= 15 is 0 Å². The van der Waals surface area contributed by atoms with E-state index in [0.29, 0.717) is 17.5 Å². The van der Waals surface area contributed by atoms with Crippen LogP contribution in [0.15, 0.2) is 162 Å². The van der Waals surface area contributed by atoms with Crippen LogP contribution in [0.25, 0.3) is 104 Å². The highest BCUT2D eigenvalue weighted by atomic mass is 32.1. The summed E-state index contributed by atoms with van der Waals surface area (Å²) in [5.41, 5.74) is 7.67. The van der Waals surface area contributed by atoms with Crippen LogP contribution in [0, 0.1) is 0 Å². The van der Waals surface area contributed by atoms with Gasteiger partial charge in [-0.2, -0.15) is 0 Å². The number of hydrogen-bond donors (Lipinski definition) is 0. The SMILES string of the molecule is c1ccc(-c2nc(-c3ccc4c(c3)sc3ccccc34)nc(-c3cccc4oc5c(ccc6c7ccccc7n(-c7ccccc7)c65)c34)n2)cc1. The second-order valence-corrected chi connectivity index (χ2v) is 13.9. The van der Waals surface area contributed by atoms with Gasteiger partial charge in [-0.3, -0.25) is 0 Å². The molecule has 0 unspecified atom stereocenters. The Labute approximate surface area is 295 Å². The second kappa shape index (κ2) is 10.9. The molecule has 0 N–H and O–H groups in total. The third-order valence-corrected chi connectivity index (χ3v) is 11.0. The van der Waals surface area contributed by atoms with Gasteiger partial charge < -0.3 is 8.98 Å². The monoisotopic (exact) mass is 670 g/mol. The van der Waals surface area contributed by atoms with Crippen molar-refractivity contribution in [1.82, 2.24) is 19.5 Å². The smallest absolute Gasteiger partial charge is 0.164 e. The van der Waals surface area contributed by atoms with Crippen molar-refractivity contribution in [1.29, 1.82) is 0 Å². The van der Waals surface area contributed by atoms with Gasteiger partial charge in [0.25, 0.3) is 0 Å². The number of nitrogens with zero attached hydrogens (tertiary/aromatic N) is 4. The summed E-state index contributed by atoms with van der Waals surface area (Å²) in [7, 11) is 0. The first-order chi connectivity index (χ1) is 25.3. The maximum absolute atomic E-state index is 6.84. The first-order valence-corrected chi connectivity index (χ1v) is 17.8. The maximum atomic E-state index is 6.84. The van der Waals surface area contributed by atoms with Crippen LogP contribution in [-0.4, -0.2) is 19.5 Å². The van der Waals surface area contributed by atoms with Gasteiger partial charge in [0.2, 0.25) is 0 Å². The van der Waals surface area contributed by atoms with Crippen molar-refractivity contribution in [3.8, 4) is 39.9 Å². The third kappa shape index (κ3) is 4.30. The van der Waals surface area contributed by atoms with E-state index in [0.717, 1.165) is 60.7 Å². The first kappa shape index (κ1) is 28.2. The molecule has 11 aromatic rings. The van der Waals surface area contributed by atoms with Crippen LogP contribution >= 0.6 is 11.3 Å². The first-order valence-electron chi connectivity index (χ1n) is 16.9. The summed E-state index contributed by atoms with van der Waals surface area (Å²) in [6, 6.07) is 54.8. The molecule has 0 bridgehead atoms. The minimum absolute atomic E-state index is 0.604. The zero-order chi connectivity index (χ0) is 33.5. The van der Waals surface area contributed by atoms with Gasteiger partial charge >= 0.3 is 0 Å². The summed E-state index contributed by atoms with van der Waals surface area (Å²) >= 11 is 1.79.